The van der Waals surface area contributed by atoms with Crippen LogP contribution in [0.2, 0.25) is 0 Å². The highest BCUT2D eigenvalue weighted by Gasteiger charge is 2.31. The molecule has 0 spiro atoms. The van der Waals surface area contributed by atoms with Crippen LogP contribution >= 0.6 is 0 Å². The predicted octanol–water partition coefficient (Wildman–Crippen LogP) is 10.1. The summed E-state index contributed by atoms with van der Waals surface area (Å²) >= 11 is 0. The number of carbonyl (C=O) groups excluding carboxylic acids is 1. The monoisotopic (exact) mass is 551 g/mol. The van der Waals surface area contributed by atoms with Crippen LogP contribution in [0.1, 0.15) is 142 Å². The Morgan fingerprint density at radius 1 is 0.950 bits per heavy atom. The van der Waals surface area contributed by atoms with E-state index in [1.54, 1.807) is 13.8 Å². The topological polar surface area (TPSA) is 62.3 Å². The van der Waals surface area contributed by atoms with Gasteiger partial charge in [-0.25, -0.2) is 0 Å². The van der Waals surface area contributed by atoms with E-state index >= 15 is 0 Å². The minimum atomic E-state index is -1.01. The maximum absolute atomic E-state index is 12.5. The first-order chi connectivity index (χ1) is 19.2. The average Bonchev–Trinajstić information content (AvgIpc) is 3.31. The van der Waals surface area contributed by atoms with Gasteiger partial charge in [0, 0.05) is 29.4 Å². The van der Waals surface area contributed by atoms with Crippen molar-refractivity contribution in [2.45, 2.75) is 142 Å². The van der Waals surface area contributed by atoms with Crippen LogP contribution in [0.5, 0.6) is 0 Å². The van der Waals surface area contributed by atoms with Gasteiger partial charge in [0.15, 0.2) is 0 Å². The molecule has 0 aliphatic rings. The number of rotatable bonds is 21. The molecule has 0 aliphatic heterocycles. The number of hydrogen-bond acceptors (Lipinski definition) is 3. The van der Waals surface area contributed by atoms with E-state index in [1.807, 2.05) is 6.20 Å². The number of nitrogens with one attached hydrogen (secondary N) is 1. The van der Waals surface area contributed by atoms with Crippen molar-refractivity contribution in [2.24, 2.45) is 0 Å². The van der Waals surface area contributed by atoms with Gasteiger partial charge in [0.2, 0.25) is 0 Å². The maximum Gasteiger partial charge on any atom is 0.305 e. The van der Waals surface area contributed by atoms with E-state index in [0.717, 1.165) is 42.1 Å². The second kappa shape index (κ2) is 18.9. The lowest BCUT2D eigenvalue weighted by Crippen LogP contribution is -2.33. The van der Waals surface area contributed by atoms with Gasteiger partial charge in [0.05, 0.1) is 5.60 Å². The van der Waals surface area contributed by atoms with Crippen LogP contribution in [0.25, 0.3) is 10.9 Å². The molecule has 1 aromatic heterocycles. The number of aromatic nitrogens is 1. The summed E-state index contributed by atoms with van der Waals surface area (Å²) in [5.74, 6) is -0.473. The molecule has 2 rings (SSSR count). The Hall–Kier alpha value is -2.33. The van der Waals surface area contributed by atoms with Gasteiger partial charge < -0.3 is 14.8 Å². The summed E-state index contributed by atoms with van der Waals surface area (Å²) in [4.78, 5) is 15.9. The number of fused-ring (bicyclic) bond motifs is 1. The number of unbranched alkanes of at least 4 members (excludes halogenated alkanes) is 11. The molecule has 0 unspecified atom stereocenters. The summed E-state index contributed by atoms with van der Waals surface area (Å²) in [6.07, 6.45) is 26.3. The summed E-state index contributed by atoms with van der Waals surface area (Å²) in [5.41, 5.74) is 3.57. The molecule has 0 fully saturated rings. The van der Waals surface area contributed by atoms with Crippen LogP contribution in [0, 0.1) is 0 Å². The van der Waals surface area contributed by atoms with Crippen molar-refractivity contribution >= 4 is 16.9 Å². The smallest absolute Gasteiger partial charge is 0.305 e. The van der Waals surface area contributed by atoms with Gasteiger partial charge in [-0.2, -0.15) is 0 Å². The Morgan fingerprint density at radius 2 is 1.57 bits per heavy atom. The van der Waals surface area contributed by atoms with Gasteiger partial charge in [-0.05, 0) is 83.4 Å². The normalized spacial score (nSPS) is 12.8. The minimum absolute atomic E-state index is 0.171. The fourth-order valence-electron chi connectivity index (χ4n) is 5.20. The lowest BCUT2D eigenvalue weighted by molar-refractivity contribution is -0.145. The summed E-state index contributed by atoms with van der Waals surface area (Å²) in [7, 11) is 0. The number of hydrogen-bond donors (Lipinski definition) is 2. The van der Waals surface area contributed by atoms with Crippen LogP contribution in [0.4, 0.5) is 0 Å². The van der Waals surface area contributed by atoms with Crippen LogP contribution in [0.15, 0.2) is 48.2 Å². The quantitative estimate of drug-likeness (QED) is 0.0921. The Labute approximate surface area is 244 Å². The molecule has 2 N–H and O–H groups in total. The van der Waals surface area contributed by atoms with Crippen molar-refractivity contribution in [3.63, 3.8) is 0 Å². The summed E-state index contributed by atoms with van der Waals surface area (Å²) < 4.78 is 5.68. The number of ether oxygens (including phenoxy) is 1. The molecule has 0 saturated heterocycles. The third-order valence-electron chi connectivity index (χ3n) is 7.81. The summed E-state index contributed by atoms with van der Waals surface area (Å²) in [6, 6.07) is 6.42. The van der Waals surface area contributed by atoms with Crippen LogP contribution in [-0.2, 0) is 16.0 Å². The lowest BCUT2D eigenvalue weighted by atomic mass is 9.85. The molecule has 1 atom stereocenters. The Bertz CT molecular complexity index is 1040. The van der Waals surface area contributed by atoms with Crippen molar-refractivity contribution < 1.29 is 14.6 Å². The standard InChI is InChI=1S/C36H57NO3/c1-6-7-8-9-10-11-12-13-14-15-16-17-18-19-20-21-35(38)40-28-33(36(4,5)39)32-27-37-34-26-30(23-22-29(2)3)24-25-31(32)34/h13-14,22,24-27,33,37,39H,6-12,15-21,23,28H2,1-5H3/b14-13-/t33-/m1/s1. The largest absolute Gasteiger partial charge is 0.465 e. The van der Waals surface area contributed by atoms with Gasteiger partial charge >= 0.3 is 5.97 Å². The second-order valence-corrected chi connectivity index (χ2v) is 12.3. The SMILES string of the molecule is CCCCCCCC/C=C\CCCCCCCC(=O)OC[C@H](c1c[nH]c2cc(CC=C(C)C)ccc12)C(C)(C)O. The van der Waals surface area contributed by atoms with E-state index in [2.05, 4.69) is 62.2 Å². The Morgan fingerprint density at radius 3 is 2.20 bits per heavy atom. The number of aliphatic hydroxyl groups is 1. The van der Waals surface area contributed by atoms with Crippen molar-refractivity contribution in [3.05, 3.63) is 59.3 Å². The molecule has 0 bridgehead atoms. The van der Waals surface area contributed by atoms with E-state index in [-0.39, 0.29) is 18.5 Å². The van der Waals surface area contributed by atoms with Crippen molar-refractivity contribution in [3.8, 4) is 0 Å². The van der Waals surface area contributed by atoms with Gasteiger partial charge in [-0.1, -0.05) is 94.2 Å². The van der Waals surface area contributed by atoms with E-state index in [0.29, 0.717) is 6.42 Å². The third-order valence-corrected chi connectivity index (χ3v) is 7.81. The van der Waals surface area contributed by atoms with Crippen LogP contribution < -0.4 is 0 Å². The number of aromatic amines is 1. The van der Waals surface area contributed by atoms with Gasteiger partial charge in [0.25, 0.3) is 0 Å². The molecule has 40 heavy (non-hydrogen) atoms. The first-order valence-corrected chi connectivity index (χ1v) is 16.0. The highest BCUT2D eigenvalue weighted by Crippen LogP contribution is 2.34. The molecule has 0 amide bonds. The molecule has 4 heteroatoms. The maximum atomic E-state index is 12.5. The number of benzene rings is 1. The molecule has 0 radical (unpaired) electrons. The first-order valence-electron chi connectivity index (χ1n) is 16.0. The molecule has 2 aromatic rings. The third kappa shape index (κ3) is 13.4. The molecule has 0 saturated carbocycles. The second-order valence-electron chi connectivity index (χ2n) is 12.3. The van der Waals surface area contributed by atoms with Crippen molar-refractivity contribution in [1.82, 2.24) is 4.98 Å². The van der Waals surface area contributed by atoms with Gasteiger partial charge in [-0.15, -0.1) is 0 Å². The molecule has 1 heterocycles. The minimum Gasteiger partial charge on any atom is -0.465 e. The van der Waals surface area contributed by atoms with E-state index in [4.69, 9.17) is 4.74 Å². The van der Waals surface area contributed by atoms with E-state index < -0.39 is 5.60 Å². The number of carbonyl (C=O) groups is 1. The van der Waals surface area contributed by atoms with Crippen LogP contribution in [0.3, 0.4) is 0 Å². The fourth-order valence-corrected chi connectivity index (χ4v) is 5.20. The Kier molecular flexibility index (Phi) is 16.0. The average molecular weight is 552 g/mol. The molecule has 224 valence electrons. The van der Waals surface area contributed by atoms with E-state index in [9.17, 15) is 9.90 Å². The highest BCUT2D eigenvalue weighted by molar-refractivity contribution is 5.84. The summed E-state index contributed by atoms with van der Waals surface area (Å²) in [6.45, 7) is 10.2. The zero-order valence-corrected chi connectivity index (χ0v) is 26.2. The number of allylic oxidation sites excluding steroid dienone is 4. The predicted molar refractivity (Wildman–Crippen MR) is 171 cm³/mol. The molecule has 1 aromatic carbocycles. The number of H-pyrrole nitrogens is 1. The molecule has 4 nitrogen and oxygen atoms in total. The van der Waals surface area contributed by atoms with Crippen molar-refractivity contribution in [1.29, 1.82) is 0 Å². The van der Waals surface area contributed by atoms with Crippen molar-refractivity contribution in [2.75, 3.05) is 6.61 Å². The molecule has 0 aliphatic carbocycles. The number of esters is 1. The summed E-state index contributed by atoms with van der Waals surface area (Å²) in [5, 5.41) is 12.0. The van der Waals surface area contributed by atoms with E-state index in [1.165, 1.54) is 75.3 Å². The highest BCUT2D eigenvalue weighted by atomic mass is 16.5. The molecular weight excluding hydrogens is 494 g/mol. The first kappa shape index (κ1) is 33.9. The fraction of sp³-hybridized carbons (Fsp3) is 0.639. The molecular formula is C36H57NO3. The van der Waals surface area contributed by atoms with Gasteiger partial charge in [-0.3, -0.25) is 4.79 Å². The zero-order valence-electron chi connectivity index (χ0n) is 26.2. The van der Waals surface area contributed by atoms with Gasteiger partial charge in [0.1, 0.15) is 6.61 Å². The Balaban J connectivity index is 1.66. The lowest BCUT2D eigenvalue weighted by Gasteiger charge is -2.29. The van der Waals surface area contributed by atoms with Crippen LogP contribution in [-0.4, -0.2) is 28.3 Å². The zero-order chi connectivity index (χ0) is 29.2.